The molecular formula is C24H27N3O3. The summed E-state index contributed by atoms with van der Waals surface area (Å²) in [6.45, 7) is 3.13. The molecule has 0 radical (unpaired) electrons. The quantitative estimate of drug-likeness (QED) is 0.575. The van der Waals surface area contributed by atoms with E-state index in [0.29, 0.717) is 23.8 Å². The molecule has 1 heterocycles. The maximum absolute atomic E-state index is 13.1. The Hall–Kier alpha value is -3.38. The number of aromatic nitrogens is 1. The minimum Gasteiger partial charge on any atom is -0.493 e. The van der Waals surface area contributed by atoms with Crippen LogP contribution in [0, 0.1) is 0 Å². The van der Waals surface area contributed by atoms with Crippen LogP contribution in [0.5, 0.6) is 11.5 Å². The molecule has 2 aromatic carbocycles. The lowest BCUT2D eigenvalue weighted by Crippen LogP contribution is -2.34. The van der Waals surface area contributed by atoms with Crippen LogP contribution in [0.4, 0.5) is 5.69 Å². The van der Waals surface area contributed by atoms with Crippen molar-refractivity contribution in [2.75, 3.05) is 26.0 Å². The normalized spacial score (nSPS) is 11.7. The molecule has 0 aliphatic carbocycles. The summed E-state index contributed by atoms with van der Waals surface area (Å²) in [5.74, 6) is 1.05. The van der Waals surface area contributed by atoms with Gasteiger partial charge in [-0.2, -0.15) is 0 Å². The van der Waals surface area contributed by atoms with Crippen molar-refractivity contribution in [2.24, 2.45) is 0 Å². The molecule has 0 aliphatic heterocycles. The molecule has 6 nitrogen and oxygen atoms in total. The fraction of sp³-hybridized carbons (Fsp3) is 0.250. The second kappa shape index (κ2) is 10.4. The summed E-state index contributed by atoms with van der Waals surface area (Å²) in [6, 6.07) is 18.5. The third-order valence-electron chi connectivity index (χ3n) is 4.85. The van der Waals surface area contributed by atoms with Gasteiger partial charge in [0.1, 0.15) is 12.6 Å². The van der Waals surface area contributed by atoms with Crippen molar-refractivity contribution >= 4 is 11.6 Å². The van der Waals surface area contributed by atoms with E-state index in [9.17, 15) is 4.79 Å². The van der Waals surface area contributed by atoms with E-state index >= 15 is 0 Å². The van der Waals surface area contributed by atoms with Crippen molar-refractivity contribution in [3.8, 4) is 11.5 Å². The number of carbonyl (C=O) groups excluding carboxylic acids is 1. The predicted octanol–water partition coefficient (Wildman–Crippen LogP) is 4.30. The first-order valence-corrected chi connectivity index (χ1v) is 9.88. The number of anilines is 1. The molecule has 0 saturated heterocycles. The van der Waals surface area contributed by atoms with Crippen molar-refractivity contribution in [2.45, 2.75) is 19.6 Å². The van der Waals surface area contributed by atoms with E-state index in [4.69, 9.17) is 9.47 Å². The number of amides is 1. The van der Waals surface area contributed by atoms with Crippen molar-refractivity contribution < 1.29 is 14.3 Å². The Bertz CT molecular complexity index is 948. The molecule has 1 aromatic heterocycles. The van der Waals surface area contributed by atoms with Gasteiger partial charge in [-0.15, -0.1) is 0 Å². The molecule has 156 valence electrons. The summed E-state index contributed by atoms with van der Waals surface area (Å²) in [6.07, 6.45) is 3.47. The van der Waals surface area contributed by atoms with E-state index in [-0.39, 0.29) is 5.91 Å². The van der Waals surface area contributed by atoms with E-state index in [0.717, 1.165) is 17.7 Å². The molecule has 30 heavy (non-hydrogen) atoms. The van der Waals surface area contributed by atoms with Crippen LogP contribution in [0.2, 0.25) is 0 Å². The average Bonchev–Trinajstić information content (AvgIpc) is 2.79. The predicted molar refractivity (Wildman–Crippen MR) is 118 cm³/mol. The van der Waals surface area contributed by atoms with Gasteiger partial charge in [0, 0.05) is 29.7 Å². The largest absolute Gasteiger partial charge is 0.493 e. The molecular weight excluding hydrogens is 378 g/mol. The van der Waals surface area contributed by atoms with E-state index in [1.54, 1.807) is 31.6 Å². The summed E-state index contributed by atoms with van der Waals surface area (Å²) in [5.41, 5.74) is 2.54. The molecule has 0 bridgehead atoms. The van der Waals surface area contributed by atoms with Crippen LogP contribution >= 0.6 is 0 Å². The van der Waals surface area contributed by atoms with Crippen LogP contribution < -0.4 is 14.8 Å². The van der Waals surface area contributed by atoms with Gasteiger partial charge in [0.2, 0.25) is 5.91 Å². The fourth-order valence-electron chi connectivity index (χ4n) is 3.15. The number of hydrogen-bond donors (Lipinski definition) is 1. The molecule has 1 amide bonds. The number of benzene rings is 2. The first kappa shape index (κ1) is 21.3. The van der Waals surface area contributed by atoms with E-state index < -0.39 is 6.04 Å². The zero-order chi connectivity index (χ0) is 21.3. The summed E-state index contributed by atoms with van der Waals surface area (Å²) >= 11 is 0. The van der Waals surface area contributed by atoms with Crippen LogP contribution in [0.15, 0.2) is 73.1 Å². The van der Waals surface area contributed by atoms with Gasteiger partial charge in [-0.1, -0.05) is 43.3 Å². The molecule has 6 heteroatoms. The minimum absolute atomic E-state index is 0.103. The number of pyridine rings is 1. The number of nitrogens with zero attached hydrogens (tertiary/aromatic N) is 2. The Kier molecular flexibility index (Phi) is 7.40. The number of nitrogens with one attached hydrogen (secondary N) is 1. The maximum Gasteiger partial charge on any atom is 0.246 e. The highest BCUT2D eigenvalue weighted by atomic mass is 16.5. The topological polar surface area (TPSA) is 63.7 Å². The summed E-state index contributed by atoms with van der Waals surface area (Å²) in [7, 11) is 3.53. The molecule has 1 unspecified atom stereocenters. The molecule has 0 saturated carbocycles. The second-order valence-corrected chi connectivity index (χ2v) is 6.89. The molecule has 0 spiro atoms. The molecule has 0 aliphatic rings. The summed E-state index contributed by atoms with van der Waals surface area (Å²) < 4.78 is 11.3. The molecule has 0 fully saturated rings. The highest BCUT2D eigenvalue weighted by Crippen LogP contribution is 2.31. The second-order valence-electron chi connectivity index (χ2n) is 6.89. The van der Waals surface area contributed by atoms with Gasteiger partial charge in [0.05, 0.1) is 7.11 Å². The van der Waals surface area contributed by atoms with Crippen LogP contribution in [-0.2, 0) is 11.4 Å². The monoisotopic (exact) mass is 405 g/mol. The van der Waals surface area contributed by atoms with Gasteiger partial charge >= 0.3 is 0 Å². The molecule has 3 rings (SSSR count). The average molecular weight is 405 g/mol. The number of ether oxygens (including phenoxy) is 2. The van der Waals surface area contributed by atoms with E-state index in [1.165, 1.54) is 0 Å². The minimum atomic E-state index is -0.391. The molecule has 1 atom stereocenters. The van der Waals surface area contributed by atoms with Crippen LogP contribution in [0.25, 0.3) is 0 Å². The van der Waals surface area contributed by atoms with E-state index in [1.807, 2.05) is 67.4 Å². The van der Waals surface area contributed by atoms with Gasteiger partial charge < -0.3 is 14.8 Å². The van der Waals surface area contributed by atoms with Gasteiger partial charge in [0.15, 0.2) is 11.5 Å². The van der Waals surface area contributed by atoms with Crippen molar-refractivity contribution in [3.63, 3.8) is 0 Å². The lowest BCUT2D eigenvalue weighted by atomic mass is 10.0. The highest BCUT2D eigenvalue weighted by Gasteiger charge is 2.24. The smallest absolute Gasteiger partial charge is 0.246 e. The van der Waals surface area contributed by atoms with Gasteiger partial charge in [-0.3, -0.25) is 14.7 Å². The van der Waals surface area contributed by atoms with Crippen molar-refractivity contribution in [3.05, 3.63) is 84.2 Å². The summed E-state index contributed by atoms with van der Waals surface area (Å²) in [4.78, 5) is 19.2. The third kappa shape index (κ3) is 5.36. The molecule has 3 aromatic rings. The zero-order valence-electron chi connectivity index (χ0n) is 17.5. The number of methoxy groups -OCH3 is 1. The first-order chi connectivity index (χ1) is 14.6. The molecule has 1 N–H and O–H groups in total. The highest BCUT2D eigenvalue weighted by molar-refractivity contribution is 5.95. The van der Waals surface area contributed by atoms with Gasteiger partial charge in [0.25, 0.3) is 0 Å². The van der Waals surface area contributed by atoms with Gasteiger partial charge in [-0.25, -0.2) is 0 Å². The Morgan fingerprint density at radius 1 is 1.10 bits per heavy atom. The zero-order valence-corrected chi connectivity index (χ0v) is 17.5. The van der Waals surface area contributed by atoms with Gasteiger partial charge in [-0.05, 0) is 37.4 Å². The number of hydrogen-bond acceptors (Lipinski definition) is 5. The Morgan fingerprint density at radius 2 is 1.90 bits per heavy atom. The van der Waals surface area contributed by atoms with Crippen LogP contribution in [-0.4, -0.2) is 36.5 Å². The van der Waals surface area contributed by atoms with E-state index in [2.05, 4.69) is 10.3 Å². The van der Waals surface area contributed by atoms with Crippen molar-refractivity contribution in [1.82, 2.24) is 9.88 Å². The van der Waals surface area contributed by atoms with Crippen molar-refractivity contribution in [1.29, 1.82) is 0 Å². The number of likely N-dealkylation sites (N-methyl/N-ethyl adjacent to an activating group) is 1. The Morgan fingerprint density at radius 3 is 2.57 bits per heavy atom. The van der Waals surface area contributed by atoms with Crippen LogP contribution in [0.1, 0.15) is 24.1 Å². The third-order valence-corrected chi connectivity index (χ3v) is 4.85. The maximum atomic E-state index is 13.1. The lowest BCUT2D eigenvalue weighted by Gasteiger charge is -2.26. The number of rotatable bonds is 9. The standard InChI is InChI=1S/C24H27N3O3/c1-4-27(2)23(19-10-6-5-7-11-19)24(28)26-20-12-13-21(29-3)22(15-20)30-17-18-9-8-14-25-16-18/h5-16,23H,4,17H2,1-3H3,(H,26,28). The first-order valence-electron chi connectivity index (χ1n) is 9.88. The van der Waals surface area contributed by atoms with Crippen LogP contribution in [0.3, 0.4) is 0 Å². The lowest BCUT2D eigenvalue weighted by molar-refractivity contribution is -0.121. The Balaban J connectivity index is 1.78. The fourth-order valence-corrected chi connectivity index (χ4v) is 3.15. The summed E-state index contributed by atoms with van der Waals surface area (Å²) in [5, 5.41) is 3.02. The number of carbonyl (C=O) groups is 1. The Labute approximate surface area is 177 Å². The SMILES string of the molecule is CCN(C)C(C(=O)Nc1ccc(OC)c(OCc2cccnc2)c1)c1ccccc1.